The summed E-state index contributed by atoms with van der Waals surface area (Å²) < 4.78 is 13.6. The van der Waals surface area contributed by atoms with E-state index < -0.39 is 5.82 Å². The molecule has 2 heterocycles. The van der Waals surface area contributed by atoms with E-state index in [2.05, 4.69) is 15.6 Å². The van der Waals surface area contributed by atoms with Crippen molar-refractivity contribution in [1.82, 2.24) is 15.6 Å². The molecule has 1 aromatic carbocycles. The number of carbonyl (C=O) groups is 2. The third-order valence-electron chi connectivity index (χ3n) is 3.74. The second kappa shape index (κ2) is 6.21. The molecule has 0 aliphatic carbocycles. The Bertz CT molecular complexity index is 810. The molecule has 0 fully saturated rings. The lowest BCUT2D eigenvalue weighted by Gasteiger charge is -2.08. The fraction of sp³-hybridized carbons (Fsp3) is 0.250. The first-order valence-electron chi connectivity index (χ1n) is 7.35. The molecule has 120 valence electrons. The Morgan fingerprint density at radius 3 is 3.00 bits per heavy atom. The van der Waals surface area contributed by atoms with Crippen LogP contribution in [0.4, 0.5) is 4.39 Å². The van der Waals surface area contributed by atoms with Crippen molar-refractivity contribution >= 4 is 28.3 Å². The normalized spacial score (nSPS) is 14.0. The number of H-pyrrole nitrogens is 1. The van der Waals surface area contributed by atoms with Crippen LogP contribution in [0.2, 0.25) is 0 Å². The minimum absolute atomic E-state index is 0.103. The lowest BCUT2D eigenvalue weighted by Crippen LogP contribution is -2.29. The first-order valence-corrected chi connectivity index (χ1v) is 7.35. The molecule has 5 N–H and O–H groups in total. The number of fused-ring (bicyclic) bond motifs is 3. The van der Waals surface area contributed by atoms with Crippen LogP contribution in [0.5, 0.6) is 0 Å². The van der Waals surface area contributed by atoms with E-state index in [1.54, 1.807) is 12.1 Å². The average molecular weight is 316 g/mol. The van der Waals surface area contributed by atoms with Crippen molar-refractivity contribution in [2.24, 2.45) is 5.73 Å². The van der Waals surface area contributed by atoms with E-state index in [9.17, 15) is 14.0 Å². The molecular weight excluding hydrogens is 299 g/mol. The van der Waals surface area contributed by atoms with Crippen molar-refractivity contribution in [3.8, 4) is 0 Å². The molecule has 0 saturated carbocycles. The Balaban J connectivity index is 2.05. The van der Waals surface area contributed by atoms with Crippen molar-refractivity contribution in [1.29, 1.82) is 0 Å². The number of carbonyl (C=O) groups excluding carboxylic acids is 2. The highest BCUT2D eigenvalue weighted by molar-refractivity contribution is 6.09. The molecule has 1 aromatic heterocycles. The van der Waals surface area contributed by atoms with E-state index in [-0.39, 0.29) is 18.2 Å². The lowest BCUT2D eigenvalue weighted by molar-refractivity contribution is -0.120. The number of amides is 2. The highest BCUT2D eigenvalue weighted by Crippen LogP contribution is 2.32. The molecule has 2 amide bonds. The Morgan fingerprint density at radius 1 is 1.39 bits per heavy atom. The first-order chi connectivity index (χ1) is 11.1. The predicted octanol–water partition coefficient (Wildman–Crippen LogP) is 0.899. The lowest BCUT2D eigenvalue weighted by atomic mass is 9.98. The van der Waals surface area contributed by atoms with E-state index in [0.29, 0.717) is 47.4 Å². The summed E-state index contributed by atoms with van der Waals surface area (Å²) in [5.41, 5.74) is 7.64. The number of hydrogen-bond donors (Lipinski definition) is 4. The van der Waals surface area contributed by atoms with Crippen LogP contribution < -0.4 is 16.4 Å². The van der Waals surface area contributed by atoms with Crippen molar-refractivity contribution in [2.45, 2.75) is 6.42 Å². The van der Waals surface area contributed by atoms with Gasteiger partial charge in [-0.15, -0.1) is 0 Å². The summed E-state index contributed by atoms with van der Waals surface area (Å²) in [5, 5.41) is 6.02. The van der Waals surface area contributed by atoms with Gasteiger partial charge in [-0.1, -0.05) is 6.08 Å². The minimum Gasteiger partial charge on any atom is -0.355 e. The van der Waals surface area contributed by atoms with Gasteiger partial charge in [-0.3, -0.25) is 9.59 Å². The summed E-state index contributed by atoms with van der Waals surface area (Å²) in [6, 6.07) is 4.28. The van der Waals surface area contributed by atoms with Crippen LogP contribution in [0, 0.1) is 5.82 Å². The van der Waals surface area contributed by atoms with Gasteiger partial charge in [0.25, 0.3) is 5.91 Å². The van der Waals surface area contributed by atoms with Gasteiger partial charge >= 0.3 is 0 Å². The van der Waals surface area contributed by atoms with Gasteiger partial charge in [0.05, 0.1) is 6.42 Å². The molecule has 0 spiro atoms. The van der Waals surface area contributed by atoms with Crippen LogP contribution in [0.25, 0.3) is 16.5 Å². The Hall–Kier alpha value is -2.67. The van der Waals surface area contributed by atoms with Gasteiger partial charge in [-0.2, -0.15) is 0 Å². The zero-order valence-electron chi connectivity index (χ0n) is 12.4. The summed E-state index contributed by atoms with van der Waals surface area (Å²) >= 11 is 0. The van der Waals surface area contributed by atoms with Crippen LogP contribution in [0.15, 0.2) is 24.3 Å². The molecule has 0 bridgehead atoms. The van der Waals surface area contributed by atoms with Crippen LogP contribution in [0.1, 0.15) is 22.5 Å². The Labute approximate surface area is 131 Å². The molecule has 6 nitrogen and oxygen atoms in total. The number of nitrogens with two attached hydrogens (primary N) is 1. The van der Waals surface area contributed by atoms with Crippen LogP contribution in [0.3, 0.4) is 0 Å². The monoisotopic (exact) mass is 316 g/mol. The molecule has 0 saturated heterocycles. The second-order valence-corrected chi connectivity index (χ2v) is 5.32. The highest BCUT2D eigenvalue weighted by atomic mass is 19.1. The van der Waals surface area contributed by atoms with E-state index in [1.165, 1.54) is 12.1 Å². The SMILES string of the molecule is NCCNC(=O)CC1=CCNC(=O)c2[nH]c3ccc(F)cc3c21. The molecule has 3 rings (SSSR count). The number of hydrogen-bond acceptors (Lipinski definition) is 3. The van der Waals surface area contributed by atoms with E-state index in [4.69, 9.17) is 5.73 Å². The third-order valence-corrected chi connectivity index (χ3v) is 3.74. The Kier molecular flexibility index (Phi) is 4.12. The number of aromatic amines is 1. The van der Waals surface area contributed by atoms with E-state index in [1.807, 2.05) is 0 Å². The van der Waals surface area contributed by atoms with Gasteiger partial charge in [0.1, 0.15) is 11.5 Å². The van der Waals surface area contributed by atoms with Crippen LogP contribution in [-0.2, 0) is 4.79 Å². The molecule has 0 unspecified atom stereocenters. The van der Waals surface area contributed by atoms with Gasteiger partial charge in [0.2, 0.25) is 5.91 Å². The highest BCUT2D eigenvalue weighted by Gasteiger charge is 2.24. The van der Waals surface area contributed by atoms with Crippen molar-refractivity contribution in [3.63, 3.8) is 0 Å². The molecule has 7 heteroatoms. The van der Waals surface area contributed by atoms with Gasteiger partial charge < -0.3 is 21.4 Å². The largest absolute Gasteiger partial charge is 0.355 e. The standard InChI is InChI=1S/C16H17FN4O2/c17-10-1-2-12-11(8-10)14-9(7-13(22)19-6-4-18)3-5-20-16(23)15(14)21-12/h1-3,8,21H,4-7,18H2,(H,19,22)(H,20,23). The number of rotatable bonds is 4. The fourth-order valence-electron chi connectivity index (χ4n) is 2.73. The summed E-state index contributed by atoms with van der Waals surface area (Å²) in [5.74, 6) is -0.853. The molecule has 0 radical (unpaired) electrons. The van der Waals surface area contributed by atoms with Gasteiger partial charge in [0, 0.05) is 36.1 Å². The molecule has 2 aromatic rings. The molecular formula is C16H17FN4O2. The fourth-order valence-corrected chi connectivity index (χ4v) is 2.73. The van der Waals surface area contributed by atoms with Crippen LogP contribution >= 0.6 is 0 Å². The molecule has 23 heavy (non-hydrogen) atoms. The number of nitrogens with one attached hydrogen (secondary N) is 3. The maximum atomic E-state index is 13.6. The van der Waals surface area contributed by atoms with Crippen LogP contribution in [-0.4, -0.2) is 36.4 Å². The number of benzene rings is 1. The van der Waals surface area contributed by atoms with Gasteiger partial charge in [-0.25, -0.2) is 4.39 Å². The van der Waals surface area contributed by atoms with Crippen molar-refractivity contribution in [2.75, 3.05) is 19.6 Å². The third kappa shape index (κ3) is 2.95. The molecule has 0 atom stereocenters. The zero-order chi connectivity index (χ0) is 16.4. The smallest absolute Gasteiger partial charge is 0.268 e. The predicted molar refractivity (Wildman–Crippen MR) is 85.2 cm³/mol. The number of halogens is 1. The van der Waals surface area contributed by atoms with E-state index in [0.717, 1.165) is 0 Å². The van der Waals surface area contributed by atoms with Gasteiger partial charge in [0.15, 0.2) is 0 Å². The molecule has 1 aliphatic heterocycles. The molecule has 1 aliphatic rings. The average Bonchev–Trinajstić information content (AvgIpc) is 2.83. The quantitative estimate of drug-likeness (QED) is 0.674. The zero-order valence-corrected chi connectivity index (χ0v) is 12.4. The van der Waals surface area contributed by atoms with Crippen molar-refractivity contribution in [3.05, 3.63) is 41.3 Å². The number of aromatic nitrogens is 1. The summed E-state index contributed by atoms with van der Waals surface area (Å²) in [6.45, 7) is 1.06. The van der Waals surface area contributed by atoms with Gasteiger partial charge in [-0.05, 0) is 23.8 Å². The maximum Gasteiger partial charge on any atom is 0.268 e. The summed E-state index contributed by atoms with van der Waals surface area (Å²) in [4.78, 5) is 27.2. The van der Waals surface area contributed by atoms with E-state index >= 15 is 0 Å². The minimum atomic E-state index is -0.393. The summed E-state index contributed by atoms with van der Waals surface area (Å²) in [7, 11) is 0. The summed E-state index contributed by atoms with van der Waals surface area (Å²) in [6.07, 6.45) is 1.88. The topological polar surface area (TPSA) is 100 Å². The first kappa shape index (κ1) is 15.2. The van der Waals surface area contributed by atoms with Crippen molar-refractivity contribution < 1.29 is 14.0 Å². The maximum absolute atomic E-state index is 13.6. The second-order valence-electron chi connectivity index (χ2n) is 5.32. The Morgan fingerprint density at radius 2 is 2.22 bits per heavy atom.